The number of anilines is 1. The highest BCUT2D eigenvalue weighted by molar-refractivity contribution is 8.00. The van der Waals surface area contributed by atoms with Gasteiger partial charge in [-0.25, -0.2) is 9.97 Å². The minimum absolute atomic E-state index is 0.0919. The van der Waals surface area contributed by atoms with E-state index < -0.39 is 0 Å². The fourth-order valence-electron chi connectivity index (χ4n) is 2.27. The number of nitrogens with zero attached hydrogens (tertiary/aromatic N) is 2. The molecular formula is C17H21N3OS. The number of aryl methyl sites for hydroxylation is 4. The van der Waals surface area contributed by atoms with E-state index in [1.54, 1.807) is 6.07 Å². The average Bonchev–Trinajstić information content (AvgIpc) is 2.40. The second kappa shape index (κ2) is 6.48. The molecule has 2 N–H and O–H groups in total. The van der Waals surface area contributed by atoms with E-state index in [9.17, 15) is 4.79 Å². The number of nitrogen functional groups attached to an aromatic ring is 1. The molecule has 0 aliphatic heterocycles. The van der Waals surface area contributed by atoms with Crippen LogP contribution in [0.1, 0.15) is 39.7 Å². The topological polar surface area (TPSA) is 68.9 Å². The van der Waals surface area contributed by atoms with E-state index in [4.69, 9.17) is 5.73 Å². The summed E-state index contributed by atoms with van der Waals surface area (Å²) in [5, 5.41) is 0.279. The van der Waals surface area contributed by atoms with Gasteiger partial charge in [0.15, 0.2) is 10.9 Å². The number of Topliss-reactive ketones (excluding diaryl/α,β-unsaturated/α-hetero) is 1. The van der Waals surface area contributed by atoms with Crippen molar-refractivity contribution in [3.63, 3.8) is 0 Å². The van der Waals surface area contributed by atoms with E-state index in [0.29, 0.717) is 11.0 Å². The van der Waals surface area contributed by atoms with Crippen LogP contribution in [0.4, 0.5) is 5.82 Å². The Bertz CT molecular complexity index is 708. The molecule has 1 atom stereocenters. The van der Waals surface area contributed by atoms with E-state index in [1.165, 1.54) is 17.3 Å². The van der Waals surface area contributed by atoms with Crippen LogP contribution in [-0.2, 0) is 0 Å². The standard InChI is InChI=1S/C17H21N3OS/c1-9-6-11(3)14(7-10(9)2)16(21)13(5)22-17-19-12(4)8-15(18)20-17/h6-8,13H,1-5H3,(H2,18,19,20)/t13-/m1/s1. The van der Waals surface area contributed by atoms with Gasteiger partial charge in [-0.3, -0.25) is 4.79 Å². The van der Waals surface area contributed by atoms with Crippen molar-refractivity contribution in [1.82, 2.24) is 9.97 Å². The lowest BCUT2D eigenvalue weighted by atomic mass is 9.97. The molecule has 0 fully saturated rings. The average molecular weight is 315 g/mol. The van der Waals surface area contributed by atoms with Gasteiger partial charge >= 0.3 is 0 Å². The summed E-state index contributed by atoms with van der Waals surface area (Å²) < 4.78 is 0. The van der Waals surface area contributed by atoms with E-state index >= 15 is 0 Å². The van der Waals surface area contributed by atoms with Crippen LogP contribution in [0.15, 0.2) is 23.4 Å². The first-order valence-corrected chi connectivity index (χ1v) is 8.05. The second-order valence-electron chi connectivity index (χ2n) is 5.59. The lowest BCUT2D eigenvalue weighted by Crippen LogP contribution is -2.16. The quantitative estimate of drug-likeness (QED) is 0.530. The summed E-state index contributed by atoms with van der Waals surface area (Å²) >= 11 is 1.34. The number of rotatable bonds is 4. The van der Waals surface area contributed by atoms with Gasteiger partial charge in [0, 0.05) is 17.3 Å². The predicted molar refractivity (Wildman–Crippen MR) is 91.5 cm³/mol. The van der Waals surface area contributed by atoms with Gasteiger partial charge in [0.1, 0.15) is 5.82 Å². The number of benzene rings is 1. The molecule has 2 rings (SSSR count). The summed E-state index contributed by atoms with van der Waals surface area (Å²) in [6, 6.07) is 5.74. The monoisotopic (exact) mass is 315 g/mol. The number of hydrogen-bond donors (Lipinski definition) is 1. The van der Waals surface area contributed by atoms with Gasteiger partial charge in [-0.1, -0.05) is 17.8 Å². The van der Waals surface area contributed by atoms with Gasteiger partial charge in [0.05, 0.1) is 5.25 Å². The van der Waals surface area contributed by atoms with Crippen molar-refractivity contribution >= 4 is 23.4 Å². The molecule has 0 unspecified atom stereocenters. The SMILES string of the molecule is Cc1cc(N)nc(S[C@H](C)C(=O)c2cc(C)c(C)cc2C)n1. The molecule has 0 aliphatic carbocycles. The predicted octanol–water partition coefficient (Wildman–Crippen LogP) is 3.66. The minimum Gasteiger partial charge on any atom is -0.384 e. The number of carbonyl (C=O) groups excluding carboxylic acids is 1. The first-order chi connectivity index (χ1) is 10.3. The Kier molecular flexibility index (Phi) is 4.86. The molecule has 0 saturated carbocycles. The highest BCUT2D eigenvalue weighted by atomic mass is 32.2. The molecule has 4 nitrogen and oxygen atoms in total. The molecule has 1 aromatic carbocycles. The van der Waals surface area contributed by atoms with Gasteiger partial charge in [-0.2, -0.15) is 0 Å². The van der Waals surface area contributed by atoms with Crippen LogP contribution in [0.25, 0.3) is 0 Å². The first-order valence-electron chi connectivity index (χ1n) is 7.18. The maximum Gasteiger partial charge on any atom is 0.190 e. The third kappa shape index (κ3) is 3.65. The lowest BCUT2D eigenvalue weighted by Gasteiger charge is -2.13. The van der Waals surface area contributed by atoms with Crippen LogP contribution in [0.2, 0.25) is 0 Å². The third-order valence-corrected chi connectivity index (χ3v) is 4.57. The molecule has 0 amide bonds. The Labute approximate surface area is 135 Å². The van der Waals surface area contributed by atoms with Crippen molar-refractivity contribution in [3.8, 4) is 0 Å². The Morgan fingerprint density at radius 2 is 1.68 bits per heavy atom. The summed E-state index contributed by atoms with van der Waals surface area (Å²) in [5.74, 6) is 0.520. The highest BCUT2D eigenvalue weighted by Crippen LogP contribution is 2.26. The van der Waals surface area contributed by atoms with Gasteiger partial charge in [-0.05, 0) is 57.4 Å². The van der Waals surface area contributed by atoms with Gasteiger partial charge in [0.2, 0.25) is 0 Å². The summed E-state index contributed by atoms with van der Waals surface area (Å²) in [6.45, 7) is 9.79. The molecule has 2 aromatic rings. The third-order valence-electron chi connectivity index (χ3n) is 3.61. The van der Waals surface area contributed by atoms with Crippen LogP contribution < -0.4 is 5.73 Å². The van der Waals surface area contributed by atoms with Crippen LogP contribution in [-0.4, -0.2) is 21.0 Å². The number of aromatic nitrogens is 2. The van der Waals surface area contributed by atoms with Crippen molar-refractivity contribution in [2.75, 3.05) is 5.73 Å². The van der Waals surface area contributed by atoms with Crippen molar-refractivity contribution in [3.05, 3.63) is 46.1 Å². The van der Waals surface area contributed by atoms with Gasteiger partial charge in [0.25, 0.3) is 0 Å². The van der Waals surface area contributed by atoms with E-state index in [0.717, 1.165) is 22.4 Å². The molecule has 1 heterocycles. The zero-order chi connectivity index (χ0) is 16.4. The molecule has 1 aromatic heterocycles. The summed E-state index contributed by atoms with van der Waals surface area (Å²) in [4.78, 5) is 21.2. The largest absolute Gasteiger partial charge is 0.384 e. The van der Waals surface area contributed by atoms with E-state index in [1.807, 2.05) is 33.8 Å². The summed E-state index contributed by atoms with van der Waals surface area (Å²) in [7, 11) is 0. The van der Waals surface area contributed by atoms with Crippen molar-refractivity contribution in [2.24, 2.45) is 0 Å². The minimum atomic E-state index is -0.262. The molecule has 5 heteroatoms. The number of ketones is 1. The molecule has 0 bridgehead atoms. The van der Waals surface area contributed by atoms with E-state index in [2.05, 4.69) is 23.0 Å². The molecule has 0 aliphatic rings. The van der Waals surface area contributed by atoms with Crippen LogP contribution in [0, 0.1) is 27.7 Å². The fourth-order valence-corrected chi connectivity index (χ4v) is 3.18. The van der Waals surface area contributed by atoms with Crippen LogP contribution in [0.3, 0.4) is 0 Å². The Morgan fingerprint density at radius 1 is 1.05 bits per heavy atom. The fraction of sp³-hybridized carbons (Fsp3) is 0.353. The first kappa shape index (κ1) is 16.5. The molecule has 0 radical (unpaired) electrons. The number of hydrogen-bond acceptors (Lipinski definition) is 5. The summed E-state index contributed by atoms with van der Waals surface area (Å²) in [6.07, 6.45) is 0. The van der Waals surface area contributed by atoms with Gasteiger partial charge < -0.3 is 5.73 Å². The molecule has 116 valence electrons. The Balaban J connectivity index is 2.24. The van der Waals surface area contributed by atoms with Crippen molar-refractivity contribution in [1.29, 1.82) is 0 Å². The highest BCUT2D eigenvalue weighted by Gasteiger charge is 2.20. The van der Waals surface area contributed by atoms with Crippen LogP contribution >= 0.6 is 11.8 Å². The van der Waals surface area contributed by atoms with Crippen LogP contribution in [0.5, 0.6) is 0 Å². The smallest absolute Gasteiger partial charge is 0.190 e. The normalized spacial score (nSPS) is 12.2. The van der Waals surface area contributed by atoms with Crippen molar-refractivity contribution < 1.29 is 4.79 Å². The zero-order valence-electron chi connectivity index (χ0n) is 13.6. The Morgan fingerprint density at radius 3 is 2.32 bits per heavy atom. The second-order valence-corrected chi connectivity index (χ2v) is 6.90. The summed E-state index contributed by atoms with van der Waals surface area (Å²) in [5.41, 5.74) is 10.6. The molecule has 22 heavy (non-hydrogen) atoms. The van der Waals surface area contributed by atoms with Crippen molar-refractivity contribution in [2.45, 2.75) is 45.0 Å². The zero-order valence-corrected chi connectivity index (χ0v) is 14.4. The molecular weight excluding hydrogens is 294 g/mol. The number of thioether (sulfide) groups is 1. The maximum absolute atomic E-state index is 12.7. The van der Waals surface area contributed by atoms with E-state index in [-0.39, 0.29) is 11.0 Å². The number of nitrogens with two attached hydrogens (primary N) is 1. The molecule has 0 spiro atoms. The Hall–Kier alpha value is -1.88. The number of carbonyl (C=O) groups is 1. The van der Waals surface area contributed by atoms with Gasteiger partial charge in [-0.15, -0.1) is 0 Å². The lowest BCUT2D eigenvalue weighted by molar-refractivity contribution is 0.0993. The maximum atomic E-state index is 12.7. The molecule has 0 saturated heterocycles.